The van der Waals surface area contributed by atoms with E-state index < -0.39 is 0 Å². The number of anilines is 1. The first-order valence-corrected chi connectivity index (χ1v) is 6.38. The van der Waals surface area contributed by atoms with Gasteiger partial charge in [0.1, 0.15) is 6.33 Å². The predicted molar refractivity (Wildman–Crippen MR) is 75.2 cm³/mol. The first kappa shape index (κ1) is 12.6. The van der Waals surface area contributed by atoms with E-state index in [4.69, 9.17) is 5.73 Å². The van der Waals surface area contributed by atoms with Gasteiger partial charge in [-0.25, -0.2) is 9.97 Å². The third kappa shape index (κ3) is 2.67. The number of rotatable bonds is 4. The van der Waals surface area contributed by atoms with Crippen molar-refractivity contribution in [2.75, 3.05) is 5.73 Å². The maximum absolute atomic E-state index is 6.01. The number of aromatic nitrogens is 2. The Labute approximate surface area is 108 Å². The molecule has 2 N–H and O–H groups in total. The largest absolute Gasteiger partial charge is 0.395 e. The van der Waals surface area contributed by atoms with Gasteiger partial charge in [0, 0.05) is 5.56 Å². The van der Waals surface area contributed by atoms with Crippen molar-refractivity contribution in [3.63, 3.8) is 0 Å². The van der Waals surface area contributed by atoms with Crippen LogP contribution in [0.4, 0.5) is 5.69 Å². The molecule has 0 fully saturated rings. The number of hydrogen-bond acceptors (Lipinski definition) is 3. The van der Waals surface area contributed by atoms with Crippen LogP contribution in [0.15, 0.2) is 30.6 Å². The van der Waals surface area contributed by atoms with Crippen molar-refractivity contribution in [1.29, 1.82) is 0 Å². The Bertz CT molecular complexity index is 518. The van der Waals surface area contributed by atoms with E-state index >= 15 is 0 Å². The summed E-state index contributed by atoms with van der Waals surface area (Å²) in [5.74, 6) is 0. The highest BCUT2D eigenvalue weighted by molar-refractivity contribution is 5.73. The minimum absolute atomic E-state index is 0.666. The summed E-state index contributed by atoms with van der Waals surface area (Å²) >= 11 is 0. The van der Waals surface area contributed by atoms with E-state index in [0.717, 1.165) is 23.4 Å². The number of unbranched alkanes of at least 4 members (excludes halogenated alkanes) is 1. The molecular weight excluding hydrogens is 222 g/mol. The lowest BCUT2D eigenvalue weighted by molar-refractivity contribution is 0.795. The van der Waals surface area contributed by atoms with Gasteiger partial charge in [-0.05, 0) is 25.3 Å². The van der Waals surface area contributed by atoms with E-state index in [0.29, 0.717) is 5.69 Å². The molecule has 0 aliphatic rings. The van der Waals surface area contributed by atoms with Crippen LogP contribution in [0.2, 0.25) is 0 Å². The Balaban J connectivity index is 2.26. The molecule has 94 valence electrons. The van der Waals surface area contributed by atoms with Crippen LogP contribution in [0.25, 0.3) is 11.3 Å². The molecule has 3 heteroatoms. The van der Waals surface area contributed by atoms with Gasteiger partial charge in [-0.2, -0.15) is 0 Å². The van der Waals surface area contributed by atoms with Gasteiger partial charge in [0.05, 0.1) is 17.1 Å². The summed E-state index contributed by atoms with van der Waals surface area (Å²) in [4.78, 5) is 8.35. The second-order valence-corrected chi connectivity index (χ2v) is 4.52. The Kier molecular flexibility index (Phi) is 3.92. The molecule has 3 nitrogen and oxygen atoms in total. The molecule has 1 heterocycles. The van der Waals surface area contributed by atoms with Gasteiger partial charge < -0.3 is 5.73 Å². The summed E-state index contributed by atoms with van der Waals surface area (Å²) in [5.41, 5.74) is 10.7. The lowest BCUT2D eigenvalue weighted by Crippen LogP contribution is -1.98. The molecule has 1 aromatic heterocycles. The fraction of sp³-hybridized carbons (Fsp3) is 0.333. The van der Waals surface area contributed by atoms with Gasteiger partial charge in [0.25, 0.3) is 0 Å². The van der Waals surface area contributed by atoms with E-state index in [1.54, 1.807) is 6.33 Å². The zero-order chi connectivity index (χ0) is 13.0. The third-order valence-electron chi connectivity index (χ3n) is 3.13. The third-order valence-corrected chi connectivity index (χ3v) is 3.13. The molecular formula is C15H19N3. The molecule has 1 aromatic carbocycles. The minimum atomic E-state index is 0.666. The fourth-order valence-electron chi connectivity index (χ4n) is 1.92. The van der Waals surface area contributed by atoms with Crippen molar-refractivity contribution in [3.8, 4) is 11.3 Å². The SMILES string of the molecule is CCCCc1ccc(-c2ncnc(C)c2N)cc1. The second kappa shape index (κ2) is 5.63. The molecule has 0 atom stereocenters. The summed E-state index contributed by atoms with van der Waals surface area (Å²) in [7, 11) is 0. The number of nitrogens with two attached hydrogens (primary N) is 1. The van der Waals surface area contributed by atoms with Crippen molar-refractivity contribution in [1.82, 2.24) is 9.97 Å². The molecule has 0 spiro atoms. The van der Waals surface area contributed by atoms with Crippen LogP contribution < -0.4 is 5.73 Å². The number of nitrogens with zero attached hydrogens (tertiary/aromatic N) is 2. The molecule has 0 saturated carbocycles. The average molecular weight is 241 g/mol. The smallest absolute Gasteiger partial charge is 0.116 e. The number of benzene rings is 1. The molecule has 2 rings (SSSR count). The lowest BCUT2D eigenvalue weighted by atomic mass is 10.0. The monoisotopic (exact) mass is 241 g/mol. The van der Waals surface area contributed by atoms with Crippen molar-refractivity contribution < 1.29 is 0 Å². The normalized spacial score (nSPS) is 10.6. The highest BCUT2D eigenvalue weighted by atomic mass is 14.9. The zero-order valence-corrected chi connectivity index (χ0v) is 11.0. The zero-order valence-electron chi connectivity index (χ0n) is 11.0. The molecule has 0 aliphatic heterocycles. The number of nitrogen functional groups attached to an aromatic ring is 1. The van der Waals surface area contributed by atoms with Crippen LogP contribution >= 0.6 is 0 Å². The molecule has 2 aromatic rings. The average Bonchev–Trinajstić information content (AvgIpc) is 2.40. The van der Waals surface area contributed by atoms with Crippen LogP contribution in [0.3, 0.4) is 0 Å². The molecule has 0 unspecified atom stereocenters. The Hall–Kier alpha value is -1.90. The van der Waals surface area contributed by atoms with Gasteiger partial charge in [-0.1, -0.05) is 37.6 Å². The van der Waals surface area contributed by atoms with Gasteiger partial charge in [-0.3, -0.25) is 0 Å². The summed E-state index contributed by atoms with van der Waals surface area (Å²) < 4.78 is 0. The van der Waals surface area contributed by atoms with E-state index in [9.17, 15) is 0 Å². The molecule has 0 aliphatic carbocycles. The highest BCUT2D eigenvalue weighted by Gasteiger charge is 2.06. The molecule has 0 saturated heterocycles. The van der Waals surface area contributed by atoms with Crippen molar-refractivity contribution in [2.45, 2.75) is 33.1 Å². The summed E-state index contributed by atoms with van der Waals surface area (Å²) in [6.45, 7) is 4.11. The Morgan fingerprint density at radius 2 is 1.83 bits per heavy atom. The highest BCUT2D eigenvalue weighted by Crippen LogP contribution is 2.25. The number of aryl methyl sites for hydroxylation is 2. The van der Waals surface area contributed by atoms with Gasteiger partial charge in [-0.15, -0.1) is 0 Å². The minimum Gasteiger partial charge on any atom is -0.395 e. The molecule has 18 heavy (non-hydrogen) atoms. The Morgan fingerprint density at radius 3 is 2.50 bits per heavy atom. The van der Waals surface area contributed by atoms with Crippen LogP contribution in [0.1, 0.15) is 31.0 Å². The van der Waals surface area contributed by atoms with Gasteiger partial charge >= 0.3 is 0 Å². The first-order chi connectivity index (χ1) is 8.72. The fourth-order valence-corrected chi connectivity index (χ4v) is 1.92. The first-order valence-electron chi connectivity index (χ1n) is 6.38. The summed E-state index contributed by atoms with van der Waals surface area (Å²) in [6.07, 6.45) is 5.15. The van der Waals surface area contributed by atoms with Gasteiger partial charge in [0.15, 0.2) is 0 Å². The summed E-state index contributed by atoms with van der Waals surface area (Å²) in [6, 6.07) is 8.48. The van der Waals surface area contributed by atoms with Crippen molar-refractivity contribution in [3.05, 3.63) is 41.9 Å². The van der Waals surface area contributed by atoms with E-state index in [1.807, 2.05) is 6.92 Å². The maximum Gasteiger partial charge on any atom is 0.116 e. The second-order valence-electron chi connectivity index (χ2n) is 4.52. The van der Waals surface area contributed by atoms with Crippen LogP contribution in [-0.4, -0.2) is 9.97 Å². The van der Waals surface area contributed by atoms with E-state index in [-0.39, 0.29) is 0 Å². The van der Waals surface area contributed by atoms with Crippen LogP contribution in [0, 0.1) is 6.92 Å². The maximum atomic E-state index is 6.01. The number of hydrogen-bond donors (Lipinski definition) is 1. The van der Waals surface area contributed by atoms with E-state index in [1.165, 1.54) is 18.4 Å². The van der Waals surface area contributed by atoms with E-state index in [2.05, 4.69) is 41.2 Å². The Morgan fingerprint density at radius 1 is 1.11 bits per heavy atom. The topological polar surface area (TPSA) is 51.8 Å². The van der Waals surface area contributed by atoms with Gasteiger partial charge in [0.2, 0.25) is 0 Å². The molecule has 0 radical (unpaired) electrons. The quantitative estimate of drug-likeness (QED) is 0.892. The van der Waals surface area contributed by atoms with Crippen LogP contribution in [-0.2, 0) is 6.42 Å². The summed E-state index contributed by atoms with van der Waals surface area (Å²) in [5, 5.41) is 0. The van der Waals surface area contributed by atoms with Crippen molar-refractivity contribution in [2.24, 2.45) is 0 Å². The van der Waals surface area contributed by atoms with Crippen molar-refractivity contribution >= 4 is 5.69 Å². The standard InChI is InChI=1S/C15H19N3/c1-3-4-5-12-6-8-13(9-7-12)15-14(16)11(2)17-10-18-15/h6-10H,3-5,16H2,1-2H3. The molecule has 0 amide bonds. The van der Waals surface area contributed by atoms with Crippen LogP contribution in [0.5, 0.6) is 0 Å². The lowest BCUT2D eigenvalue weighted by Gasteiger charge is -2.07. The molecule has 0 bridgehead atoms. The predicted octanol–water partition coefficient (Wildman–Crippen LogP) is 3.38.